The molecule has 1 unspecified atom stereocenters. The second kappa shape index (κ2) is 4.29. The molecule has 1 heterocycles. The predicted molar refractivity (Wildman–Crippen MR) is 73.1 cm³/mol. The van der Waals surface area contributed by atoms with Crippen LogP contribution < -0.4 is 0 Å². The summed E-state index contributed by atoms with van der Waals surface area (Å²) in [7, 11) is 0. The van der Waals surface area contributed by atoms with Crippen molar-refractivity contribution >= 4 is 0 Å². The van der Waals surface area contributed by atoms with Gasteiger partial charge in [0.15, 0.2) is 0 Å². The van der Waals surface area contributed by atoms with Gasteiger partial charge in [-0.15, -0.1) is 0 Å². The average Bonchev–Trinajstić information content (AvgIpc) is 2.68. The Morgan fingerprint density at radius 3 is 2.78 bits per heavy atom. The highest BCUT2D eigenvalue weighted by Crippen LogP contribution is 2.34. The van der Waals surface area contributed by atoms with Gasteiger partial charge in [-0.25, -0.2) is 0 Å². The molecule has 0 amide bonds. The lowest BCUT2D eigenvalue weighted by atomic mass is 9.95. The molecule has 94 valence electrons. The first-order chi connectivity index (χ1) is 8.68. The number of aliphatic hydroxyl groups is 1. The number of aromatic nitrogens is 1. The molecule has 1 aromatic heterocycles. The SMILES string of the molecule is Cc1ccccc1-n1c(C)cc2c1CCCC2O. The Kier molecular flexibility index (Phi) is 2.75. The lowest BCUT2D eigenvalue weighted by Gasteiger charge is -2.21. The number of aryl methyl sites for hydroxylation is 2. The fourth-order valence-electron chi connectivity index (χ4n) is 3.03. The Balaban J connectivity index is 2.22. The number of para-hydroxylation sites is 1. The summed E-state index contributed by atoms with van der Waals surface area (Å²) in [6, 6.07) is 10.6. The van der Waals surface area contributed by atoms with E-state index in [-0.39, 0.29) is 6.10 Å². The van der Waals surface area contributed by atoms with Gasteiger partial charge in [0.25, 0.3) is 0 Å². The number of hydrogen-bond acceptors (Lipinski definition) is 1. The number of hydrogen-bond donors (Lipinski definition) is 1. The van der Waals surface area contributed by atoms with Crippen LogP contribution in [-0.4, -0.2) is 9.67 Å². The monoisotopic (exact) mass is 241 g/mol. The molecule has 3 rings (SSSR count). The van der Waals surface area contributed by atoms with Crippen LogP contribution in [0.15, 0.2) is 30.3 Å². The van der Waals surface area contributed by atoms with E-state index in [0.717, 1.165) is 24.8 Å². The van der Waals surface area contributed by atoms with Gasteiger partial charge in [0.2, 0.25) is 0 Å². The molecule has 1 aliphatic rings. The van der Waals surface area contributed by atoms with E-state index in [9.17, 15) is 5.11 Å². The molecule has 0 bridgehead atoms. The summed E-state index contributed by atoms with van der Waals surface area (Å²) in [5.74, 6) is 0. The van der Waals surface area contributed by atoms with E-state index in [2.05, 4.69) is 48.7 Å². The Labute approximate surface area is 108 Å². The Hall–Kier alpha value is -1.54. The lowest BCUT2D eigenvalue weighted by Crippen LogP contribution is -2.12. The van der Waals surface area contributed by atoms with E-state index in [1.54, 1.807) is 0 Å². The summed E-state index contributed by atoms with van der Waals surface area (Å²) < 4.78 is 2.31. The minimum Gasteiger partial charge on any atom is -0.388 e. The zero-order valence-corrected chi connectivity index (χ0v) is 11.0. The third-order valence-electron chi connectivity index (χ3n) is 3.93. The largest absolute Gasteiger partial charge is 0.388 e. The summed E-state index contributed by atoms with van der Waals surface area (Å²) >= 11 is 0. The van der Waals surface area contributed by atoms with Crippen LogP contribution in [0.2, 0.25) is 0 Å². The zero-order valence-electron chi connectivity index (χ0n) is 11.0. The Bertz CT molecular complexity index is 583. The molecule has 0 fully saturated rings. The molecule has 1 aliphatic carbocycles. The van der Waals surface area contributed by atoms with Crippen LogP contribution in [0.3, 0.4) is 0 Å². The number of nitrogens with zero attached hydrogens (tertiary/aromatic N) is 1. The summed E-state index contributed by atoms with van der Waals surface area (Å²) in [4.78, 5) is 0. The summed E-state index contributed by atoms with van der Waals surface area (Å²) in [5.41, 5.74) is 6.15. The fourth-order valence-corrected chi connectivity index (χ4v) is 3.03. The molecule has 0 saturated heterocycles. The first-order valence-electron chi connectivity index (χ1n) is 6.63. The summed E-state index contributed by atoms with van der Waals surface area (Å²) in [6.07, 6.45) is 2.75. The number of fused-ring (bicyclic) bond motifs is 1. The predicted octanol–water partition coefficient (Wildman–Crippen LogP) is 3.46. The van der Waals surface area contributed by atoms with E-state index < -0.39 is 0 Å². The van der Waals surface area contributed by atoms with Crippen LogP contribution in [0.1, 0.15) is 41.5 Å². The number of benzene rings is 1. The van der Waals surface area contributed by atoms with Crippen LogP contribution in [0.25, 0.3) is 5.69 Å². The third kappa shape index (κ3) is 1.68. The molecular formula is C16H19NO. The fraction of sp³-hybridized carbons (Fsp3) is 0.375. The molecule has 2 heteroatoms. The topological polar surface area (TPSA) is 25.2 Å². The third-order valence-corrected chi connectivity index (χ3v) is 3.93. The highest BCUT2D eigenvalue weighted by molar-refractivity contribution is 5.47. The molecule has 0 spiro atoms. The van der Waals surface area contributed by atoms with Gasteiger partial charge in [0.1, 0.15) is 0 Å². The van der Waals surface area contributed by atoms with Gasteiger partial charge >= 0.3 is 0 Å². The van der Waals surface area contributed by atoms with Crippen molar-refractivity contribution in [3.63, 3.8) is 0 Å². The molecule has 2 nitrogen and oxygen atoms in total. The van der Waals surface area contributed by atoms with Crippen molar-refractivity contribution in [2.45, 2.75) is 39.2 Å². The molecule has 0 aliphatic heterocycles. The standard InChI is InChI=1S/C16H19NO/c1-11-6-3-4-7-14(11)17-12(2)10-13-15(17)8-5-9-16(13)18/h3-4,6-7,10,16,18H,5,8-9H2,1-2H3. The lowest BCUT2D eigenvalue weighted by molar-refractivity contribution is 0.156. The van der Waals surface area contributed by atoms with Crippen LogP contribution >= 0.6 is 0 Å². The van der Waals surface area contributed by atoms with E-state index >= 15 is 0 Å². The van der Waals surface area contributed by atoms with Crippen molar-refractivity contribution in [3.05, 3.63) is 52.8 Å². The summed E-state index contributed by atoms with van der Waals surface area (Å²) in [5, 5.41) is 10.1. The second-order valence-corrected chi connectivity index (χ2v) is 5.22. The first-order valence-corrected chi connectivity index (χ1v) is 6.63. The van der Waals surface area contributed by atoms with Gasteiger partial charge in [-0.3, -0.25) is 0 Å². The number of aliphatic hydroxyl groups excluding tert-OH is 1. The van der Waals surface area contributed by atoms with E-state index in [1.165, 1.54) is 22.6 Å². The van der Waals surface area contributed by atoms with Crippen molar-refractivity contribution in [2.75, 3.05) is 0 Å². The molecular weight excluding hydrogens is 222 g/mol. The molecule has 2 aromatic rings. The zero-order chi connectivity index (χ0) is 12.7. The first kappa shape index (κ1) is 11.5. The van der Waals surface area contributed by atoms with E-state index in [4.69, 9.17) is 0 Å². The highest BCUT2D eigenvalue weighted by atomic mass is 16.3. The maximum absolute atomic E-state index is 10.1. The van der Waals surface area contributed by atoms with Crippen LogP contribution in [0, 0.1) is 13.8 Å². The second-order valence-electron chi connectivity index (χ2n) is 5.22. The Morgan fingerprint density at radius 1 is 1.22 bits per heavy atom. The van der Waals surface area contributed by atoms with Gasteiger partial charge in [0, 0.05) is 22.6 Å². The van der Waals surface area contributed by atoms with Gasteiger partial charge in [-0.2, -0.15) is 0 Å². The summed E-state index contributed by atoms with van der Waals surface area (Å²) in [6.45, 7) is 4.26. The molecule has 1 aromatic carbocycles. The Morgan fingerprint density at radius 2 is 2.00 bits per heavy atom. The van der Waals surface area contributed by atoms with Gasteiger partial charge in [-0.1, -0.05) is 18.2 Å². The van der Waals surface area contributed by atoms with E-state index in [1.807, 2.05) is 0 Å². The van der Waals surface area contributed by atoms with Crippen molar-refractivity contribution in [1.82, 2.24) is 4.57 Å². The maximum atomic E-state index is 10.1. The van der Waals surface area contributed by atoms with Crippen LogP contribution in [0.5, 0.6) is 0 Å². The molecule has 18 heavy (non-hydrogen) atoms. The minimum atomic E-state index is -0.280. The maximum Gasteiger partial charge on any atom is 0.0807 e. The molecule has 1 atom stereocenters. The van der Waals surface area contributed by atoms with Crippen molar-refractivity contribution in [2.24, 2.45) is 0 Å². The smallest absolute Gasteiger partial charge is 0.0807 e. The normalized spacial score (nSPS) is 18.7. The molecule has 0 saturated carbocycles. The van der Waals surface area contributed by atoms with E-state index in [0.29, 0.717) is 0 Å². The molecule has 0 radical (unpaired) electrons. The average molecular weight is 241 g/mol. The molecule has 1 N–H and O–H groups in total. The minimum absolute atomic E-state index is 0.280. The quantitative estimate of drug-likeness (QED) is 0.812. The van der Waals surface area contributed by atoms with Crippen molar-refractivity contribution in [3.8, 4) is 5.69 Å². The highest BCUT2D eigenvalue weighted by Gasteiger charge is 2.23. The van der Waals surface area contributed by atoms with Crippen LogP contribution in [0.4, 0.5) is 0 Å². The van der Waals surface area contributed by atoms with Crippen molar-refractivity contribution in [1.29, 1.82) is 0 Å². The van der Waals surface area contributed by atoms with Crippen LogP contribution in [-0.2, 0) is 6.42 Å². The number of rotatable bonds is 1. The van der Waals surface area contributed by atoms with Crippen molar-refractivity contribution < 1.29 is 5.11 Å². The van der Waals surface area contributed by atoms with Gasteiger partial charge in [-0.05, 0) is 50.8 Å². The van der Waals surface area contributed by atoms with Gasteiger partial charge < -0.3 is 9.67 Å². The van der Waals surface area contributed by atoms with Gasteiger partial charge in [0.05, 0.1) is 6.10 Å².